The molecule has 162 valence electrons. The number of ether oxygens (including phenoxy) is 3. The number of esters is 2. The van der Waals surface area contributed by atoms with E-state index in [2.05, 4.69) is 5.32 Å². The predicted octanol–water partition coefficient (Wildman–Crippen LogP) is 3.48. The van der Waals surface area contributed by atoms with Gasteiger partial charge >= 0.3 is 11.9 Å². The summed E-state index contributed by atoms with van der Waals surface area (Å²) in [6, 6.07) is 13.8. The Balaban J connectivity index is 1.65. The van der Waals surface area contributed by atoms with Gasteiger partial charge in [0.05, 0.1) is 24.3 Å². The SMILES string of the molecule is CCOC(=O)c1oc2ccccc2c1COC(=O)CNC(=O)c1ccccc1OCC. The zero-order valence-corrected chi connectivity index (χ0v) is 17.3. The zero-order valence-electron chi connectivity index (χ0n) is 17.3. The number of nitrogens with one attached hydrogen (secondary N) is 1. The van der Waals surface area contributed by atoms with Crippen molar-refractivity contribution in [2.24, 2.45) is 0 Å². The number of carbonyl (C=O) groups excluding carboxylic acids is 3. The zero-order chi connectivity index (χ0) is 22.2. The lowest BCUT2D eigenvalue weighted by atomic mass is 10.1. The molecule has 8 nitrogen and oxygen atoms in total. The molecular weight excluding hydrogens is 402 g/mol. The molecule has 31 heavy (non-hydrogen) atoms. The van der Waals surface area contributed by atoms with Crippen LogP contribution in [0.4, 0.5) is 0 Å². The van der Waals surface area contributed by atoms with Crippen LogP contribution < -0.4 is 10.1 Å². The van der Waals surface area contributed by atoms with E-state index in [9.17, 15) is 14.4 Å². The molecule has 0 aliphatic heterocycles. The molecule has 0 unspecified atom stereocenters. The molecule has 0 aliphatic rings. The van der Waals surface area contributed by atoms with Gasteiger partial charge in [-0.25, -0.2) is 4.79 Å². The van der Waals surface area contributed by atoms with Gasteiger partial charge in [0.15, 0.2) is 0 Å². The molecule has 0 radical (unpaired) electrons. The highest BCUT2D eigenvalue weighted by Crippen LogP contribution is 2.27. The fourth-order valence-electron chi connectivity index (χ4n) is 2.99. The van der Waals surface area contributed by atoms with E-state index in [0.29, 0.717) is 34.5 Å². The molecule has 0 fully saturated rings. The van der Waals surface area contributed by atoms with Crippen LogP contribution in [0, 0.1) is 0 Å². The summed E-state index contributed by atoms with van der Waals surface area (Å²) < 4.78 is 21.3. The predicted molar refractivity (Wildman–Crippen MR) is 112 cm³/mol. The highest BCUT2D eigenvalue weighted by atomic mass is 16.5. The summed E-state index contributed by atoms with van der Waals surface area (Å²) in [4.78, 5) is 36.8. The van der Waals surface area contributed by atoms with Crippen LogP contribution in [0.3, 0.4) is 0 Å². The van der Waals surface area contributed by atoms with Gasteiger partial charge in [0.2, 0.25) is 5.76 Å². The lowest BCUT2D eigenvalue weighted by Crippen LogP contribution is -2.31. The minimum Gasteiger partial charge on any atom is -0.493 e. The van der Waals surface area contributed by atoms with Gasteiger partial charge in [-0.3, -0.25) is 9.59 Å². The lowest BCUT2D eigenvalue weighted by molar-refractivity contribution is -0.143. The van der Waals surface area contributed by atoms with Gasteiger partial charge in [0.1, 0.15) is 24.5 Å². The molecule has 0 atom stereocenters. The Kier molecular flexibility index (Phi) is 7.26. The molecule has 3 rings (SSSR count). The number of para-hydroxylation sites is 2. The van der Waals surface area contributed by atoms with Crippen LogP contribution in [-0.2, 0) is 20.9 Å². The topological polar surface area (TPSA) is 104 Å². The Bertz CT molecular complexity index is 1090. The highest BCUT2D eigenvalue weighted by molar-refractivity contribution is 5.98. The third-order valence-electron chi connectivity index (χ3n) is 4.36. The second-order valence-corrected chi connectivity index (χ2v) is 6.40. The maximum atomic E-state index is 12.4. The standard InChI is InChI=1S/C23H23NO7/c1-3-28-18-11-7-6-10-16(18)22(26)24-13-20(25)30-14-17-15-9-5-8-12-19(15)31-21(17)23(27)29-4-2/h5-12H,3-4,13-14H2,1-2H3,(H,24,26). The van der Waals surface area contributed by atoms with Crippen LogP contribution in [0.1, 0.15) is 40.3 Å². The summed E-state index contributed by atoms with van der Waals surface area (Å²) in [5.74, 6) is -1.33. The first kappa shape index (κ1) is 21.9. The number of benzene rings is 2. The maximum Gasteiger partial charge on any atom is 0.374 e. The number of furan rings is 1. The Morgan fingerprint density at radius 3 is 2.45 bits per heavy atom. The first-order valence-electron chi connectivity index (χ1n) is 9.88. The largest absolute Gasteiger partial charge is 0.493 e. The summed E-state index contributed by atoms with van der Waals surface area (Å²) in [7, 11) is 0. The second kappa shape index (κ2) is 10.3. The third kappa shape index (κ3) is 5.22. The fourth-order valence-corrected chi connectivity index (χ4v) is 2.99. The number of hydrogen-bond acceptors (Lipinski definition) is 7. The number of fused-ring (bicyclic) bond motifs is 1. The molecular formula is C23H23NO7. The van der Waals surface area contributed by atoms with Crippen molar-refractivity contribution in [3.63, 3.8) is 0 Å². The van der Waals surface area contributed by atoms with Crippen molar-refractivity contribution in [3.05, 3.63) is 65.4 Å². The van der Waals surface area contributed by atoms with Crippen LogP contribution in [0.5, 0.6) is 5.75 Å². The van der Waals surface area contributed by atoms with E-state index in [-0.39, 0.29) is 25.5 Å². The molecule has 1 amide bonds. The minimum atomic E-state index is -0.665. The monoisotopic (exact) mass is 425 g/mol. The van der Waals surface area contributed by atoms with Crippen molar-refractivity contribution in [3.8, 4) is 5.75 Å². The number of rotatable bonds is 9. The molecule has 3 aromatic rings. The maximum absolute atomic E-state index is 12.4. The molecule has 0 saturated heterocycles. The Morgan fingerprint density at radius 2 is 1.68 bits per heavy atom. The Morgan fingerprint density at radius 1 is 0.935 bits per heavy atom. The highest BCUT2D eigenvalue weighted by Gasteiger charge is 2.23. The van der Waals surface area contributed by atoms with Crippen LogP contribution in [0.25, 0.3) is 11.0 Å². The minimum absolute atomic E-state index is 0.00877. The van der Waals surface area contributed by atoms with Crippen LogP contribution >= 0.6 is 0 Å². The summed E-state index contributed by atoms with van der Waals surface area (Å²) in [6.07, 6.45) is 0. The van der Waals surface area contributed by atoms with Gasteiger partial charge in [-0.15, -0.1) is 0 Å². The molecule has 8 heteroatoms. The molecule has 1 N–H and O–H groups in total. The number of hydrogen-bond donors (Lipinski definition) is 1. The molecule has 0 aliphatic carbocycles. The first-order chi connectivity index (χ1) is 15.0. The van der Waals surface area contributed by atoms with E-state index < -0.39 is 17.8 Å². The van der Waals surface area contributed by atoms with Gasteiger partial charge in [-0.05, 0) is 32.0 Å². The molecule has 1 heterocycles. The van der Waals surface area contributed by atoms with Crippen molar-refractivity contribution in [1.29, 1.82) is 0 Å². The smallest absolute Gasteiger partial charge is 0.374 e. The van der Waals surface area contributed by atoms with Crippen molar-refractivity contribution >= 4 is 28.8 Å². The quantitative estimate of drug-likeness (QED) is 0.523. The molecule has 0 saturated carbocycles. The normalized spacial score (nSPS) is 10.5. The molecule has 2 aromatic carbocycles. The second-order valence-electron chi connectivity index (χ2n) is 6.40. The summed E-state index contributed by atoms with van der Waals surface area (Å²) in [5.41, 5.74) is 1.22. The molecule has 1 aromatic heterocycles. The van der Waals surface area contributed by atoms with Gasteiger partial charge in [-0.1, -0.05) is 30.3 Å². The average molecular weight is 425 g/mol. The van der Waals surface area contributed by atoms with E-state index in [0.717, 1.165) is 0 Å². The van der Waals surface area contributed by atoms with E-state index in [1.807, 2.05) is 6.92 Å². The van der Waals surface area contributed by atoms with Crippen molar-refractivity contribution in [2.45, 2.75) is 20.5 Å². The van der Waals surface area contributed by atoms with Crippen molar-refractivity contribution < 1.29 is 33.0 Å². The van der Waals surface area contributed by atoms with E-state index in [1.165, 1.54) is 0 Å². The summed E-state index contributed by atoms with van der Waals surface area (Å²) in [5, 5.41) is 3.16. The van der Waals surface area contributed by atoms with Crippen molar-refractivity contribution in [1.82, 2.24) is 5.32 Å². The van der Waals surface area contributed by atoms with Crippen LogP contribution in [-0.4, -0.2) is 37.6 Å². The van der Waals surface area contributed by atoms with Crippen LogP contribution in [0.15, 0.2) is 52.9 Å². The molecule has 0 spiro atoms. The van der Waals surface area contributed by atoms with Gasteiger partial charge in [0.25, 0.3) is 5.91 Å². The Hall–Kier alpha value is -3.81. The first-order valence-corrected chi connectivity index (χ1v) is 9.88. The number of carbonyl (C=O) groups is 3. The average Bonchev–Trinajstić information content (AvgIpc) is 3.15. The van der Waals surface area contributed by atoms with E-state index >= 15 is 0 Å². The number of amides is 1. The lowest BCUT2D eigenvalue weighted by Gasteiger charge is -2.10. The van der Waals surface area contributed by atoms with E-state index in [4.69, 9.17) is 18.6 Å². The van der Waals surface area contributed by atoms with Gasteiger partial charge in [-0.2, -0.15) is 0 Å². The van der Waals surface area contributed by atoms with Crippen molar-refractivity contribution in [2.75, 3.05) is 19.8 Å². The van der Waals surface area contributed by atoms with Gasteiger partial charge < -0.3 is 23.9 Å². The molecule has 0 bridgehead atoms. The van der Waals surface area contributed by atoms with Gasteiger partial charge in [0, 0.05) is 5.39 Å². The summed E-state index contributed by atoms with van der Waals surface area (Å²) in [6.45, 7) is 3.56. The third-order valence-corrected chi connectivity index (χ3v) is 4.36. The summed E-state index contributed by atoms with van der Waals surface area (Å²) >= 11 is 0. The van der Waals surface area contributed by atoms with E-state index in [1.54, 1.807) is 55.5 Å². The van der Waals surface area contributed by atoms with Crippen LogP contribution in [0.2, 0.25) is 0 Å². The fraction of sp³-hybridized carbons (Fsp3) is 0.261. The Labute approximate surface area is 179 Å².